The van der Waals surface area contributed by atoms with E-state index < -0.39 is 5.97 Å². The van der Waals surface area contributed by atoms with Crippen LogP contribution in [0.4, 0.5) is 0 Å². The van der Waals surface area contributed by atoms with E-state index in [1.165, 1.54) is 13.0 Å². The number of rotatable bonds is 1. The van der Waals surface area contributed by atoms with Gasteiger partial charge in [0.1, 0.15) is 0 Å². The van der Waals surface area contributed by atoms with Gasteiger partial charge in [-0.3, -0.25) is 0 Å². The summed E-state index contributed by atoms with van der Waals surface area (Å²) in [5.74, 6) is -1.09. The van der Waals surface area contributed by atoms with Crippen LogP contribution in [0.5, 0.6) is 0 Å². The summed E-state index contributed by atoms with van der Waals surface area (Å²) >= 11 is 0. The van der Waals surface area contributed by atoms with Crippen LogP contribution in [0.15, 0.2) is 11.6 Å². The minimum atomic E-state index is -1.09. The molecule has 2 nitrogen and oxygen atoms in total. The van der Waals surface area contributed by atoms with Gasteiger partial charge < -0.3 is 9.90 Å². The number of carboxylic acids is 1. The van der Waals surface area contributed by atoms with E-state index in [9.17, 15) is 9.90 Å². The number of carbonyl (C=O) groups excluding carboxylic acids is 1. The standard InChI is InChI=1S/C5H8O2.H2I/c1-3-4(2)5(6)7;/h3H,1-2H3,(H,6,7);1H2/q;+1/p-1. The Morgan fingerprint density at radius 1 is 1.62 bits per heavy atom. The zero-order chi connectivity index (χ0) is 5.86. The highest BCUT2D eigenvalue weighted by atomic mass is 127. The molecule has 0 amide bonds. The Bertz CT molecular complexity index is 107. The summed E-state index contributed by atoms with van der Waals surface area (Å²) < 4.78 is 0. The number of allylic oxidation sites excluding steroid dienone is 1. The van der Waals surface area contributed by atoms with Gasteiger partial charge in [-0.05, 0) is 19.4 Å². The molecule has 0 aromatic carbocycles. The Morgan fingerprint density at radius 2 is 2.00 bits per heavy atom. The van der Waals surface area contributed by atoms with E-state index in [4.69, 9.17) is 0 Å². The molecule has 0 rings (SSSR count). The molecule has 0 bridgehead atoms. The molecule has 0 aromatic heterocycles. The Labute approximate surface area is 65.6 Å². The van der Waals surface area contributed by atoms with Crippen molar-refractivity contribution in [2.24, 2.45) is 0 Å². The third-order valence-corrected chi connectivity index (χ3v) is 0.755. The molecule has 0 atom stereocenters. The average molecular weight is 228 g/mol. The Balaban J connectivity index is 0. The van der Waals surface area contributed by atoms with E-state index in [1.54, 1.807) is 6.92 Å². The van der Waals surface area contributed by atoms with Gasteiger partial charge in [0.25, 0.3) is 0 Å². The molecule has 0 radical (unpaired) electrons. The summed E-state index contributed by atoms with van der Waals surface area (Å²) in [7, 11) is 0. The van der Waals surface area contributed by atoms with Crippen LogP contribution in [0.3, 0.4) is 0 Å². The van der Waals surface area contributed by atoms with Crippen LogP contribution >= 0.6 is 0 Å². The van der Waals surface area contributed by atoms with Crippen LogP contribution in [0.2, 0.25) is 0 Å². The largest absolute Gasteiger partial charge is 0.545 e. The number of halogens is 1. The monoisotopic (exact) mass is 228 g/mol. The molecule has 8 heavy (non-hydrogen) atoms. The quantitative estimate of drug-likeness (QED) is 0.341. The smallest absolute Gasteiger partial charge is 0.235 e. The topological polar surface area (TPSA) is 40.1 Å². The minimum absolute atomic E-state index is 0. The molecule has 0 N–H and O–H groups in total. The third kappa shape index (κ3) is 4.11. The first-order valence-electron chi connectivity index (χ1n) is 2.02. The molecule has 0 spiro atoms. The van der Waals surface area contributed by atoms with Gasteiger partial charge in [-0.2, -0.15) is 0 Å². The summed E-state index contributed by atoms with van der Waals surface area (Å²) in [5, 5.41) is 9.75. The number of carboxylic acid groups (broad SMARTS) is 1. The van der Waals surface area contributed by atoms with Crippen molar-refractivity contribution in [1.29, 1.82) is 0 Å². The highest BCUT2D eigenvalue weighted by Gasteiger charge is 1.80. The summed E-state index contributed by atoms with van der Waals surface area (Å²) in [6, 6.07) is 0. The van der Waals surface area contributed by atoms with Gasteiger partial charge in [0.2, 0.25) is 24.0 Å². The molecule has 0 unspecified atom stereocenters. The van der Waals surface area contributed by atoms with Gasteiger partial charge in [0.15, 0.2) is 0 Å². The minimum Gasteiger partial charge on any atom is -0.545 e. The van der Waals surface area contributed by atoms with Gasteiger partial charge >= 0.3 is 0 Å². The van der Waals surface area contributed by atoms with Crippen molar-refractivity contribution < 1.29 is 33.9 Å². The van der Waals surface area contributed by atoms with Gasteiger partial charge in [-0.25, -0.2) is 0 Å². The molecule has 0 saturated heterocycles. The Morgan fingerprint density at radius 3 is 2.00 bits per heavy atom. The second-order valence-corrected chi connectivity index (χ2v) is 1.26. The lowest BCUT2D eigenvalue weighted by atomic mass is 10.3. The van der Waals surface area contributed by atoms with Crippen LogP contribution in [0.25, 0.3) is 0 Å². The number of hydrogen-bond donors (Lipinski definition) is 0. The molecule has 0 aliphatic rings. The SMILES string of the molecule is CC=C(C)C(=O)[O-].[IH2+]. The summed E-state index contributed by atoms with van der Waals surface area (Å²) in [5.41, 5.74) is 0.278. The van der Waals surface area contributed by atoms with Crippen LogP contribution < -0.4 is 29.1 Å². The van der Waals surface area contributed by atoms with E-state index in [2.05, 4.69) is 0 Å². The van der Waals surface area contributed by atoms with Crippen molar-refractivity contribution in [3.8, 4) is 0 Å². The van der Waals surface area contributed by atoms with Crippen LogP contribution in [-0.4, -0.2) is 5.97 Å². The number of hydrogen-bond acceptors (Lipinski definition) is 2. The van der Waals surface area contributed by atoms with E-state index in [-0.39, 0.29) is 29.5 Å². The van der Waals surface area contributed by atoms with Crippen LogP contribution in [0.1, 0.15) is 13.8 Å². The van der Waals surface area contributed by atoms with Gasteiger partial charge in [0, 0.05) is 0 Å². The number of carbonyl (C=O) groups is 1. The van der Waals surface area contributed by atoms with E-state index in [1.807, 2.05) is 0 Å². The first-order valence-corrected chi connectivity index (χ1v) is 2.02. The molecule has 48 valence electrons. The fraction of sp³-hybridized carbons (Fsp3) is 0.400. The second kappa shape index (κ2) is 5.08. The van der Waals surface area contributed by atoms with E-state index >= 15 is 0 Å². The normalized spacial score (nSPS) is 10.0. The fourth-order valence-electron chi connectivity index (χ4n) is 0.118. The molecular formula is C5H9IO2. The predicted molar refractivity (Wildman–Crippen MR) is 27.2 cm³/mol. The molecule has 0 aromatic rings. The molecular weight excluding hydrogens is 219 g/mol. The third-order valence-electron chi connectivity index (χ3n) is 0.755. The summed E-state index contributed by atoms with van der Waals surface area (Å²) in [6.07, 6.45) is 1.50. The molecule has 0 heterocycles. The van der Waals surface area contributed by atoms with Crippen LogP contribution in [-0.2, 0) is 4.79 Å². The van der Waals surface area contributed by atoms with E-state index in [0.717, 1.165) is 0 Å². The summed E-state index contributed by atoms with van der Waals surface area (Å²) in [6.45, 7) is 3.15. The van der Waals surface area contributed by atoms with Gasteiger partial charge in [-0.1, -0.05) is 6.08 Å². The van der Waals surface area contributed by atoms with Crippen LogP contribution in [0, 0.1) is 0 Å². The maximum atomic E-state index is 9.75. The molecule has 0 fully saturated rings. The lowest BCUT2D eigenvalue weighted by molar-refractivity contribution is -0.299. The average Bonchev–Trinajstić information content (AvgIpc) is 1.65. The number of aliphatic carboxylic acids is 1. The van der Waals surface area contributed by atoms with Gasteiger partial charge in [0.05, 0.1) is 5.97 Å². The summed E-state index contributed by atoms with van der Waals surface area (Å²) in [4.78, 5) is 9.75. The Kier molecular flexibility index (Phi) is 6.89. The fourth-order valence-corrected chi connectivity index (χ4v) is 0.118. The zero-order valence-corrected chi connectivity index (χ0v) is 7.39. The molecule has 0 aliphatic carbocycles. The maximum Gasteiger partial charge on any atom is 0.235 e. The highest BCUT2D eigenvalue weighted by molar-refractivity contribution is 5.83. The van der Waals surface area contributed by atoms with Crippen molar-refractivity contribution in [1.82, 2.24) is 0 Å². The lowest BCUT2D eigenvalue weighted by Gasteiger charge is -1.96. The Hall–Kier alpha value is -0.0600. The van der Waals surface area contributed by atoms with Gasteiger partial charge in [-0.15, -0.1) is 0 Å². The van der Waals surface area contributed by atoms with Crippen molar-refractivity contribution >= 4 is 5.97 Å². The first kappa shape index (κ1) is 10.8. The van der Waals surface area contributed by atoms with Crippen molar-refractivity contribution in [3.63, 3.8) is 0 Å². The highest BCUT2D eigenvalue weighted by Crippen LogP contribution is 1.85. The van der Waals surface area contributed by atoms with E-state index in [0.29, 0.717) is 0 Å². The van der Waals surface area contributed by atoms with Crippen molar-refractivity contribution in [3.05, 3.63) is 11.6 Å². The van der Waals surface area contributed by atoms with Crippen molar-refractivity contribution in [2.45, 2.75) is 13.8 Å². The zero-order valence-electron chi connectivity index (χ0n) is 4.84. The molecule has 3 heteroatoms. The predicted octanol–water partition coefficient (Wildman–Crippen LogP) is -3.83. The second-order valence-electron chi connectivity index (χ2n) is 1.26. The maximum absolute atomic E-state index is 9.75. The molecule has 0 aliphatic heterocycles. The lowest BCUT2D eigenvalue weighted by Crippen LogP contribution is -3.00. The molecule has 0 saturated carbocycles. The first-order chi connectivity index (χ1) is 3.18. The van der Waals surface area contributed by atoms with Crippen molar-refractivity contribution in [2.75, 3.05) is 0 Å².